The number of hydrogen-bond donors (Lipinski definition) is 0. The van der Waals surface area contributed by atoms with Crippen molar-refractivity contribution in [3.63, 3.8) is 0 Å². The van der Waals surface area contributed by atoms with Crippen LogP contribution in [-0.2, 0) is 0 Å². The van der Waals surface area contributed by atoms with Gasteiger partial charge < -0.3 is 4.57 Å². The molecule has 66 heavy (non-hydrogen) atoms. The van der Waals surface area contributed by atoms with Crippen LogP contribution in [0.4, 0.5) is 0 Å². The molecule has 0 spiro atoms. The molecule has 3 heterocycles. The fourth-order valence-electron chi connectivity index (χ4n) is 10.9. The highest BCUT2D eigenvalue weighted by molar-refractivity contribution is 6.27. The second-order valence-corrected chi connectivity index (χ2v) is 17.2. The summed E-state index contributed by atoms with van der Waals surface area (Å²) in [4.78, 5) is 10.7. The molecular weight excluding hydrogens is 801 g/mol. The average molecular weight is 839 g/mol. The number of benzene rings is 11. The summed E-state index contributed by atoms with van der Waals surface area (Å²) >= 11 is 0. The van der Waals surface area contributed by atoms with Crippen LogP contribution in [0.25, 0.3) is 132 Å². The Morgan fingerprint density at radius 3 is 1.45 bits per heavy atom. The molecule has 4 nitrogen and oxygen atoms in total. The van der Waals surface area contributed by atoms with Gasteiger partial charge in [0.25, 0.3) is 0 Å². The Balaban J connectivity index is 1.04. The molecule has 0 fully saturated rings. The van der Waals surface area contributed by atoms with Gasteiger partial charge in [0.15, 0.2) is 0 Å². The number of para-hydroxylation sites is 4. The Kier molecular flexibility index (Phi) is 7.95. The third-order valence-corrected chi connectivity index (χ3v) is 13.7. The standard InChI is InChI=1S/C62H38N4/c1-3-19-39(20-4-1)60-50-30-13-16-32-55(50)63-62(64-60)66-57-34-18-15-31-51(57)59-48-28-11-9-25-43(48)53(38-58(59)66)46-36-35-45(41-23-7-8-24-42(41)46)52-37-54-47-27-14-17-33-56(47)65(40-21-5-2-6-22-40)61(54)49-29-12-10-26-44(49)52/h1-38H. The Morgan fingerprint density at radius 1 is 0.288 bits per heavy atom. The number of nitrogens with zero attached hydrogens (tertiary/aromatic N) is 4. The van der Waals surface area contributed by atoms with E-state index in [1.165, 1.54) is 87.1 Å². The zero-order valence-electron chi connectivity index (χ0n) is 35.7. The van der Waals surface area contributed by atoms with Crippen LogP contribution in [0.15, 0.2) is 231 Å². The Morgan fingerprint density at radius 2 is 0.773 bits per heavy atom. The van der Waals surface area contributed by atoms with E-state index in [4.69, 9.17) is 9.97 Å². The number of hydrogen-bond acceptors (Lipinski definition) is 2. The minimum Gasteiger partial charge on any atom is -0.309 e. The van der Waals surface area contributed by atoms with Crippen molar-refractivity contribution >= 4 is 86.8 Å². The van der Waals surface area contributed by atoms with Crippen molar-refractivity contribution in [3.8, 4) is 45.1 Å². The van der Waals surface area contributed by atoms with E-state index in [9.17, 15) is 0 Å². The van der Waals surface area contributed by atoms with E-state index >= 15 is 0 Å². The molecule has 0 amide bonds. The quantitative estimate of drug-likeness (QED) is 0.173. The summed E-state index contributed by atoms with van der Waals surface area (Å²) in [5.74, 6) is 0.649. The van der Waals surface area contributed by atoms with Crippen molar-refractivity contribution < 1.29 is 0 Å². The van der Waals surface area contributed by atoms with E-state index in [1.54, 1.807) is 0 Å². The molecule has 14 rings (SSSR count). The molecule has 0 saturated heterocycles. The Labute approximate surface area is 379 Å². The second-order valence-electron chi connectivity index (χ2n) is 17.2. The molecule has 0 unspecified atom stereocenters. The van der Waals surface area contributed by atoms with Crippen LogP contribution >= 0.6 is 0 Å². The first kappa shape index (κ1) is 36.6. The van der Waals surface area contributed by atoms with E-state index in [-0.39, 0.29) is 0 Å². The maximum atomic E-state index is 5.43. The highest BCUT2D eigenvalue weighted by Crippen LogP contribution is 2.47. The summed E-state index contributed by atoms with van der Waals surface area (Å²) in [6.45, 7) is 0. The predicted molar refractivity (Wildman–Crippen MR) is 277 cm³/mol. The lowest BCUT2D eigenvalue weighted by Crippen LogP contribution is -2.03. The third-order valence-electron chi connectivity index (χ3n) is 13.7. The van der Waals surface area contributed by atoms with Crippen LogP contribution < -0.4 is 0 Å². The molecule has 0 aliphatic rings. The van der Waals surface area contributed by atoms with Crippen molar-refractivity contribution in [2.24, 2.45) is 0 Å². The van der Waals surface area contributed by atoms with E-state index in [0.29, 0.717) is 5.95 Å². The first-order chi connectivity index (χ1) is 32.8. The van der Waals surface area contributed by atoms with Gasteiger partial charge in [0.05, 0.1) is 33.3 Å². The lowest BCUT2D eigenvalue weighted by Gasteiger charge is -2.17. The molecule has 0 bridgehead atoms. The first-order valence-electron chi connectivity index (χ1n) is 22.6. The maximum absolute atomic E-state index is 5.43. The van der Waals surface area contributed by atoms with Gasteiger partial charge >= 0.3 is 0 Å². The van der Waals surface area contributed by atoms with Crippen LogP contribution in [-0.4, -0.2) is 19.1 Å². The largest absolute Gasteiger partial charge is 0.309 e. The smallest absolute Gasteiger partial charge is 0.235 e. The van der Waals surface area contributed by atoms with Crippen molar-refractivity contribution in [2.75, 3.05) is 0 Å². The maximum Gasteiger partial charge on any atom is 0.235 e. The minimum absolute atomic E-state index is 0.649. The van der Waals surface area contributed by atoms with Gasteiger partial charge in [0, 0.05) is 43.6 Å². The SMILES string of the molecule is c1ccc(-c2nc(-n3c4ccccc4c4c5ccccc5c(-c5ccc(-c6cc7c8ccccc8n(-c8ccccc8)c7c7ccccc67)c6ccccc56)cc43)nc3ccccc23)cc1. The lowest BCUT2D eigenvalue weighted by atomic mass is 9.87. The van der Waals surface area contributed by atoms with Gasteiger partial charge in [-0.3, -0.25) is 4.57 Å². The van der Waals surface area contributed by atoms with Crippen LogP contribution in [0.3, 0.4) is 0 Å². The minimum atomic E-state index is 0.649. The van der Waals surface area contributed by atoms with E-state index < -0.39 is 0 Å². The van der Waals surface area contributed by atoms with Gasteiger partial charge in [-0.05, 0) is 91.6 Å². The third kappa shape index (κ3) is 5.33. The van der Waals surface area contributed by atoms with E-state index in [1.807, 2.05) is 0 Å². The predicted octanol–water partition coefficient (Wildman–Crippen LogP) is 16.3. The molecular formula is C62H38N4. The van der Waals surface area contributed by atoms with Gasteiger partial charge in [-0.25, -0.2) is 9.97 Å². The van der Waals surface area contributed by atoms with Gasteiger partial charge in [0.2, 0.25) is 5.95 Å². The Hall–Kier alpha value is -8.86. The van der Waals surface area contributed by atoms with Gasteiger partial charge in [0.1, 0.15) is 0 Å². The molecule has 0 N–H and O–H groups in total. The number of rotatable bonds is 5. The van der Waals surface area contributed by atoms with Crippen LogP contribution in [0, 0.1) is 0 Å². The second kappa shape index (κ2) is 14.3. The Bertz CT molecular complexity index is 4280. The summed E-state index contributed by atoms with van der Waals surface area (Å²) in [7, 11) is 0. The molecule has 306 valence electrons. The normalized spacial score (nSPS) is 11.9. The van der Waals surface area contributed by atoms with Gasteiger partial charge in [-0.1, -0.05) is 188 Å². The fraction of sp³-hybridized carbons (Fsp3) is 0. The van der Waals surface area contributed by atoms with Crippen molar-refractivity contribution in [1.29, 1.82) is 0 Å². The molecule has 14 aromatic rings. The number of aromatic nitrogens is 4. The van der Waals surface area contributed by atoms with Crippen molar-refractivity contribution in [3.05, 3.63) is 231 Å². The summed E-state index contributed by atoms with van der Waals surface area (Å²) in [5, 5.41) is 13.1. The van der Waals surface area contributed by atoms with Crippen LogP contribution in [0.2, 0.25) is 0 Å². The fourth-order valence-corrected chi connectivity index (χ4v) is 10.9. The zero-order valence-corrected chi connectivity index (χ0v) is 35.7. The molecule has 0 aliphatic carbocycles. The summed E-state index contributed by atoms with van der Waals surface area (Å²) in [6.07, 6.45) is 0. The molecule has 3 aromatic heterocycles. The highest BCUT2D eigenvalue weighted by Gasteiger charge is 2.23. The number of fused-ring (bicyclic) bond motifs is 12. The van der Waals surface area contributed by atoms with E-state index in [2.05, 4.69) is 240 Å². The van der Waals surface area contributed by atoms with Gasteiger partial charge in [-0.2, -0.15) is 0 Å². The van der Waals surface area contributed by atoms with Gasteiger partial charge in [-0.15, -0.1) is 0 Å². The van der Waals surface area contributed by atoms with Crippen LogP contribution in [0.5, 0.6) is 0 Å². The lowest BCUT2D eigenvalue weighted by molar-refractivity contribution is 1.01. The summed E-state index contributed by atoms with van der Waals surface area (Å²) < 4.78 is 4.72. The first-order valence-corrected chi connectivity index (χ1v) is 22.6. The molecule has 0 radical (unpaired) electrons. The molecule has 0 atom stereocenters. The molecule has 0 aliphatic heterocycles. The summed E-state index contributed by atoms with van der Waals surface area (Å²) in [6, 6.07) is 83.4. The monoisotopic (exact) mass is 838 g/mol. The van der Waals surface area contributed by atoms with Crippen molar-refractivity contribution in [2.45, 2.75) is 0 Å². The topological polar surface area (TPSA) is 35.6 Å². The van der Waals surface area contributed by atoms with Crippen molar-refractivity contribution in [1.82, 2.24) is 19.1 Å². The molecule has 11 aromatic carbocycles. The molecule has 4 heteroatoms. The average Bonchev–Trinajstić information content (AvgIpc) is 3.91. The van der Waals surface area contributed by atoms with E-state index in [0.717, 1.165) is 38.9 Å². The zero-order chi connectivity index (χ0) is 43.3. The highest BCUT2D eigenvalue weighted by atomic mass is 15.2. The summed E-state index contributed by atoms with van der Waals surface area (Å²) in [5.41, 5.74) is 13.4. The van der Waals surface area contributed by atoms with Crippen LogP contribution in [0.1, 0.15) is 0 Å². The molecule has 0 saturated carbocycles.